The van der Waals surface area contributed by atoms with Gasteiger partial charge in [-0.1, -0.05) is 26.8 Å². The van der Waals surface area contributed by atoms with Crippen LogP contribution in [0.5, 0.6) is 0 Å². The van der Waals surface area contributed by atoms with Crippen LogP contribution in [0.25, 0.3) is 0 Å². The van der Waals surface area contributed by atoms with E-state index < -0.39 is 0 Å². The first-order valence-corrected chi connectivity index (χ1v) is 6.90. The van der Waals surface area contributed by atoms with E-state index in [1.54, 1.807) is 6.07 Å². The Hall–Kier alpha value is -0.890. The van der Waals surface area contributed by atoms with Gasteiger partial charge in [-0.2, -0.15) is 0 Å². The molecule has 1 aromatic carbocycles. The van der Waals surface area contributed by atoms with Gasteiger partial charge in [0.1, 0.15) is 5.82 Å². The van der Waals surface area contributed by atoms with Crippen molar-refractivity contribution in [2.24, 2.45) is 5.41 Å². The Balaban J connectivity index is 2.55. The van der Waals surface area contributed by atoms with E-state index in [9.17, 15) is 4.39 Å². The van der Waals surface area contributed by atoms with E-state index >= 15 is 0 Å². The van der Waals surface area contributed by atoms with Gasteiger partial charge in [0.2, 0.25) is 0 Å². The topological polar surface area (TPSA) is 12.0 Å². The molecule has 0 bridgehead atoms. The lowest BCUT2D eigenvalue weighted by Crippen LogP contribution is -2.24. The van der Waals surface area contributed by atoms with Crippen molar-refractivity contribution < 1.29 is 4.39 Å². The van der Waals surface area contributed by atoms with Crippen LogP contribution in [0.15, 0.2) is 18.2 Å². The number of hydrogen-bond acceptors (Lipinski definition) is 1. The Morgan fingerprint density at radius 1 is 1.22 bits per heavy atom. The van der Waals surface area contributed by atoms with Crippen LogP contribution in [-0.2, 0) is 6.42 Å². The molecule has 0 aliphatic carbocycles. The first kappa shape index (κ1) is 15.2. The van der Waals surface area contributed by atoms with Crippen LogP contribution in [0.4, 0.5) is 4.39 Å². The first-order valence-electron chi connectivity index (χ1n) is 6.90. The number of rotatable bonds is 7. The zero-order valence-electron chi connectivity index (χ0n) is 12.1. The second kappa shape index (κ2) is 6.89. The molecule has 102 valence electrons. The fourth-order valence-corrected chi connectivity index (χ4v) is 2.16. The van der Waals surface area contributed by atoms with E-state index in [0.717, 1.165) is 31.5 Å². The van der Waals surface area contributed by atoms with Gasteiger partial charge in [0.25, 0.3) is 0 Å². The van der Waals surface area contributed by atoms with Crippen LogP contribution >= 0.6 is 0 Å². The highest BCUT2D eigenvalue weighted by atomic mass is 19.1. The number of aryl methyl sites for hydroxylation is 1. The largest absolute Gasteiger partial charge is 0.317 e. The molecule has 0 saturated carbocycles. The lowest BCUT2D eigenvalue weighted by Gasteiger charge is -2.26. The van der Waals surface area contributed by atoms with Gasteiger partial charge in [-0.15, -0.1) is 0 Å². The molecule has 1 aromatic rings. The number of nitrogens with one attached hydrogen (secondary N) is 1. The molecule has 0 fully saturated rings. The van der Waals surface area contributed by atoms with Crippen molar-refractivity contribution in [1.29, 1.82) is 0 Å². The molecule has 2 heteroatoms. The minimum absolute atomic E-state index is 0.129. The summed E-state index contributed by atoms with van der Waals surface area (Å²) in [6.07, 6.45) is 3.22. The highest BCUT2D eigenvalue weighted by molar-refractivity contribution is 5.27. The van der Waals surface area contributed by atoms with Gasteiger partial charge >= 0.3 is 0 Å². The Morgan fingerprint density at radius 3 is 2.61 bits per heavy atom. The Kier molecular flexibility index (Phi) is 5.80. The average molecular weight is 251 g/mol. The second-order valence-corrected chi connectivity index (χ2v) is 5.91. The maximum atomic E-state index is 13.3. The lowest BCUT2D eigenvalue weighted by molar-refractivity contribution is 0.325. The zero-order valence-corrected chi connectivity index (χ0v) is 12.1. The molecule has 0 aliphatic heterocycles. The van der Waals surface area contributed by atoms with Crippen molar-refractivity contribution in [3.63, 3.8) is 0 Å². The highest BCUT2D eigenvalue weighted by Gasteiger charge is 2.19. The summed E-state index contributed by atoms with van der Waals surface area (Å²) in [5.74, 6) is -0.129. The van der Waals surface area contributed by atoms with Crippen molar-refractivity contribution in [2.45, 2.75) is 47.0 Å². The third-order valence-electron chi connectivity index (χ3n) is 3.39. The molecule has 1 N–H and O–H groups in total. The van der Waals surface area contributed by atoms with Gasteiger partial charge in [0.05, 0.1) is 0 Å². The van der Waals surface area contributed by atoms with Crippen molar-refractivity contribution in [3.05, 3.63) is 35.1 Å². The molecule has 0 atom stereocenters. The SMILES string of the molecule is CCCNCCC(C)(C)Cc1cc(F)ccc1C. The Labute approximate surface area is 111 Å². The van der Waals surface area contributed by atoms with Gasteiger partial charge < -0.3 is 5.32 Å². The molecule has 0 unspecified atom stereocenters. The van der Waals surface area contributed by atoms with E-state index in [-0.39, 0.29) is 11.2 Å². The minimum Gasteiger partial charge on any atom is -0.317 e. The van der Waals surface area contributed by atoms with E-state index in [2.05, 4.69) is 33.0 Å². The summed E-state index contributed by atoms with van der Waals surface area (Å²) in [6.45, 7) is 10.9. The zero-order chi connectivity index (χ0) is 13.6. The highest BCUT2D eigenvalue weighted by Crippen LogP contribution is 2.27. The lowest BCUT2D eigenvalue weighted by atomic mass is 9.81. The van der Waals surface area contributed by atoms with Gasteiger partial charge in [-0.3, -0.25) is 0 Å². The maximum absolute atomic E-state index is 13.3. The number of halogens is 1. The van der Waals surface area contributed by atoms with Crippen molar-refractivity contribution in [2.75, 3.05) is 13.1 Å². The molecule has 0 radical (unpaired) electrons. The Morgan fingerprint density at radius 2 is 1.94 bits per heavy atom. The molecule has 0 heterocycles. The molecule has 1 nitrogen and oxygen atoms in total. The third kappa shape index (κ3) is 5.18. The maximum Gasteiger partial charge on any atom is 0.123 e. The summed E-state index contributed by atoms with van der Waals surface area (Å²) in [7, 11) is 0. The van der Waals surface area contributed by atoms with Crippen LogP contribution in [0, 0.1) is 18.2 Å². The molecular formula is C16H26FN. The van der Waals surface area contributed by atoms with E-state index in [0.29, 0.717) is 0 Å². The molecule has 0 amide bonds. The number of benzene rings is 1. The van der Waals surface area contributed by atoms with Crippen LogP contribution in [0.1, 0.15) is 44.7 Å². The van der Waals surface area contributed by atoms with Crippen molar-refractivity contribution in [1.82, 2.24) is 5.32 Å². The van der Waals surface area contributed by atoms with E-state index in [1.807, 2.05) is 6.07 Å². The van der Waals surface area contributed by atoms with Crippen LogP contribution < -0.4 is 5.32 Å². The average Bonchev–Trinajstić information content (AvgIpc) is 2.29. The monoisotopic (exact) mass is 251 g/mol. The van der Waals surface area contributed by atoms with Crippen LogP contribution in [0.2, 0.25) is 0 Å². The summed E-state index contributed by atoms with van der Waals surface area (Å²) in [6, 6.07) is 5.08. The summed E-state index contributed by atoms with van der Waals surface area (Å²) < 4.78 is 13.3. The van der Waals surface area contributed by atoms with Crippen molar-refractivity contribution in [3.8, 4) is 0 Å². The molecule has 0 aromatic heterocycles. The normalized spacial score (nSPS) is 11.8. The van der Waals surface area contributed by atoms with Gasteiger partial charge in [-0.05, 0) is 68.0 Å². The summed E-state index contributed by atoms with van der Waals surface area (Å²) in [5, 5.41) is 3.43. The van der Waals surface area contributed by atoms with E-state index in [1.165, 1.54) is 18.1 Å². The first-order chi connectivity index (χ1) is 8.44. The standard InChI is InChI=1S/C16H26FN/c1-5-9-18-10-8-16(3,4)12-14-11-15(17)7-6-13(14)2/h6-7,11,18H,5,8-10,12H2,1-4H3. The fourth-order valence-electron chi connectivity index (χ4n) is 2.16. The third-order valence-corrected chi connectivity index (χ3v) is 3.39. The van der Waals surface area contributed by atoms with Crippen LogP contribution in [0.3, 0.4) is 0 Å². The summed E-state index contributed by atoms with van der Waals surface area (Å²) in [4.78, 5) is 0. The smallest absolute Gasteiger partial charge is 0.123 e. The molecule has 1 rings (SSSR count). The van der Waals surface area contributed by atoms with Gasteiger partial charge in [0, 0.05) is 0 Å². The molecule has 0 aliphatic rings. The summed E-state index contributed by atoms with van der Waals surface area (Å²) in [5.41, 5.74) is 2.53. The van der Waals surface area contributed by atoms with Crippen molar-refractivity contribution >= 4 is 0 Å². The predicted octanol–water partition coefficient (Wildman–Crippen LogP) is 4.09. The predicted molar refractivity (Wildman–Crippen MR) is 76.4 cm³/mol. The number of hydrogen-bond donors (Lipinski definition) is 1. The van der Waals surface area contributed by atoms with Crippen LogP contribution in [-0.4, -0.2) is 13.1 Å². The molecule has 18 heavy (non-hydrogen) atoms. The van der Waals surface area contributed by atoms with Gasteiger partial charge in [0.15, 0.2) is 0 Å². The van der Waals surface area contributed by atoms with E-state index in [4.69, 9.17) is 0 Å². The quantitative estimate of drug-likeness (QED) is 0.720. The Bertz CT molecular complexity index is 371. The molecule has 0 saturated heterocycles. The fraction of sp³-hybridized carbons (Fsp3) is 0.625. The summed E-state index contributed by atoms with van der Waals surface area (Å²) >= 11 is 0. The minimum atomic E-state index is -0.129. The molecular weight excluding hydrogens is 225 g/mol. The second-order valence-electron chi connectivity index (χ2n) is 5.91. The van der Waals surface area contributed by atoms with Gasteiger partial charge in [-0.25, -0.2) is 4.39 Å². The molecule has 0 spiro atoms.